The first-order valence-electron chi connectivity index (χ1n) is 9.89. The van der Waals surface area contributed by atoms with Crippen LogP contribution in [0.1, 0.15) is 47.5 Å². The van der Waals surface area contributed by atoms with E-state index < -0.39 is 33.0 Å². The number of hydrogen-bond acceptors (Lipinski definition) is 7. The Balaban J connectivity index is 1.44. The summed E-state index contributed by atoms with van der Waals surface area (Å²) in [6, 6.07) is 0. The maximum Gasteiger partial charge on any atom is 0.311 e. The Hall–Kier alpha value is -1.19. The van der Waals surface area contributed by atoms with E-state index in [9.17, 15) is 18.0 Å². The van der Waals surface area contributed by atoms with Crippen molar-refractivity contribution in [3.63, 3.8) is 0 Å². The summed E-state index contributed by atoms with van der Waals surface area (Å²) in [5.41, 5.74) is -0.735. The van der Waals surface area contributed by atoms with Crippen LogP contribution in [0.4, 0.5) is 0 Å². The summed E-state index contributed by atoms with van der Waals surface area (Å²) in [6.07, 6.45) is 0.286. The van der Waals surface area contributed by atoms with Crippen molar-refractivity contribution in [2.75, 3.05) is 19.8 Å². The van der Waals surface area contributed by atoms with Gasteiger partial charge in [-0.05, 0) is 38.0 Å². The molecule has 5 unspecified atom stereocenters. The minimum Gasteiger partial charge on any atom is -0.463 e. The zero-order chi connectivity index (χ0) is 20.9. The molecule has 0 aromatic rings. The first kappa shape index (κ1) is 21.5. The van der Waals surface area contributed by atoms with Crippen LogP contribution in [0.15, 0.2) is 0 Å². The second kappa shape index (κ2) is 7.25. The van der Waals surface area contributed by atoms with E-state index in [1.807, 2.05) is 20.8 Å². The van der Waals surface area contributed by atoms with Crippen molar-refractivity contribution in [1.82, 2.24) is 5.32 Å². The largest absolute Gasteiger partial charge is 0.463 e. The fourth-order valence-corrected chi connectivity index (χ4v) is 6.79. The summed E-state index contributed by atoms with van der Waals surface area (Å²) in [5.74, 6) is -0.658. The number of fused-ring (bicyclic) bond motifs is 1. The standard InChI is InChI=1S/C19H31NO7S/c1-6-18(2,3)17(22)25-8-7-20-13(21)10-26-15-11-9-12-14(19(11,4)5)16(15)27-28(12,23)24/h11-12,14-16H,6-10H2,1-5H3,(H,20,21). The Kier molecular flexibility index (Phi) is 5.57. The highest BCUT2D eigenvalue weighted by molar-refractivity contribution is 7.87. The first-order valence-corrected chi connectivity index (χ1v) is 11.4. The van der Waals surface area contributed by atoms with Gasteiger partial charge in [-0.1, -0.05) is 20.8 Å². The molecule has 0 radical (unpaired) electrons. The molecule has 1 aliphatic heterocycles. The van der Waals surface area contributed by atoms with Crippen molar-refractivity contribution in [1.29, 1.82) is 0 Å². The number of amides is 1. The average molecular weight is 418 g/mol. The molecule has 8 nitrogen and oxygen atoms in total. The molecule has 2 aliphatic carbocycles. The molecule has 1 amide bonds. The number of esters is 1. The van der Waals surface area contributed by atoms with E-state index in [-0.39, 0.29) is 48.9 Å². The van der Waals surface area contributed by atoms with Gasteiger partial charge in [0, 0.05) is 5.92 Å². The van der Waals surface area contributed by atoms with Crippen molar-refractivity contribution in [3.05, 3.63) is 0 Å². The van der Waals surface area contributed by atoms with E-state index >= 15 is 0 Å². The Morgan fingerprint density at radius 1 is 1.29 bits per heavy atom. The third-order valence-electron chi connectivity index (χ3n) is 6.89. The lowest BCUT2D eigenvalue weighted by Gasteiger charge is -2.26. The molecule has 28 heavy (non-hydrogen) atoms. The van der Waals surface area contributed by atoms with Crippen LogP contribution in [-0.2, 0) is 33.4 Å². The molecule has 9 heteroatoms. The second-order valence-electron chi connectivity index (χ2n) is 9.28. The van der Waals surface area contributed by atoms with Crippen molar-refractivity contribution >= 4 is 22.0 Å². The van der Waals surface area contributed by atoms with E-state index in [0.717, 1.165) is 0 Å². The molecule has 1 saturated heterocycles. The van der Waals surface area contributed by atoms with Crippen molar-refractivity contribution in [3.8, 4) is 0 Å². The average Bonchev–Trinajstić information content (AvgIpc) is 3.08. The molecular weight excluding hydrogens is 386 g/mol. The molecule has 3 aliphatic rings. The predicted molar refractivity (Wildman–Crippen MR) is 101 cm³/mol. The molecule has 5 atom stereocenters. The van der Waals surface area contributed by atoms with Crippen LogP contribution in [-0.4, -0.2) is 57.5 Å². The van der Waals surface area contributed by atoms with Crippen LogP contribution >= 0.6 is 0 Å². The van der Waals surface area contributed by atoms with Gasteiger partial charge in [-0.3, -0.25) is 13.8 Å². The van der Waals surface area contributed by atoms with Gasteiger partial charge < -0.3 is 14.8 Å². The number of carbonyl (C=O) groups excluding carboxylic acids is 2. The lowest BCUT2D eigenvalue weighted by Crippen LogP contribution is -2.39. The Labute approximate surface area is 166 Å². The fourth-order valence-electron chi connectivity index (χ4n) is 4.80. The van der Waals surface area contributed by atoms with Gasteiger partial charge in [0.25, 0.3) is 10.1 Å². The van der Waals surface area contributed by atoms with E-state index in [1.54, 1.807) is 0 Å². The van der Waals surface area contributed by atoms with E-state index in [2.05, 4.69) is 19.2 Å². The number of ether oxygens (including phenoxy) is 2. The quantitative estimate of drug-likeness (QED) is 0.360. The summed E-state index contributed by atoms with van der Waals surface area (Å²) in [5, 5.41) is 2.20. The van der Waals surface area contributed by atoms with Gasteiger partial charge in [0.2, 0.25) is 5.91 Å². The molecule has 160 valence electrons. The number of rotatable bonds is 8. The molecule has 1 N–H and O–H groups in total. The fraction of sp³-hybridized carbons (Fsp3) is 0.895. The minimum absolute atomic E-state index is 0.0507. The lowest BCUT2D eigenvalue weighted by atomic mass is 9.81. The summed E-state index contributed by atoms with van der Waals surface area (Å²) in [6.45, 7) is 9.77. The molecule has 3 rings (SSSR count). The Bertz CT molecular complexity index is 745. The van der Waals surface area contributed by atoms with Gasteiger partial charge in [-0.15, -0.1) is 0 Å². The van der Waals surface area contributed by atoms with Crippen LogP contribution in [0.3, 0.4) is 0 Å². The van der Waals surface area contributed by atoms with Crippen LogP contribution in [0, 0.1) is 22.7 Å². The molecule has 2 bridgehead atoms. The third kappa shape index (κ3) is 3.57. The monoisotopic (exact) mass is 417 g/mol. The van der Waals surface area contributed by atoms with E-state index in [1.165, 1.54) is 0 Å². The van der Waals surface area contributed by atoms with Gasteiger partial charge in [0.15, 0.2) is 0 Å². The zero-order valence-corrected chi connectivity index (χ0v) is 18.0. The highest BCUT2D eigenvalue weighted by atomic mass is 32.2. The maximum atomic E-state index is 12.2. The van der Waals surface area contributed by atoms with Crippen LogP contribution < -0.4 is 5.32 Å². The minimum atomic E-state index is -3.54. The molecule has 3 fully saturated rings. The number of hydrogen-bond donors (Lipinski definition) is 1. The van der Waals surface area contributed by atoms with Gasteiger partial charge in [-0.2, -0.15) is 8.42 Å². The molecule has 0 aromatic carbocycles. The number of carbonyl (C=O) groups is 2. The van der Waals surface area contributed by atoms with Gasteiger partial charge in [0.1, 0.15) is 19.3 Å². The first-order chi connectivity index (χ1) is 12.9. The van der Waals surface area contributed by atoms with E-state index in [4.69, 9.17) is 13.7 Å². The Morgan fingerprint density at radius 3 is 2.61 bits per heavy atom. The second-order valence-corrected chi connectivity index (χ2v) is 11.1. The van der Waals surface area contributed by atoms with Crippen molar-refractivity contribution in [2.24, 2.45) is 22.7 Å². The van der Waals surface area contributed by atoms with Gasteiger partial charge in [0.05, 0.1) is 23.3 Å². The third-order valence-corrected chi connectivity index (χ3v) is 8.61. The molecule has 1 heterocycles. The highest BCUT2D eigenvalue weighted by Crippen LogP contribution is 2.64. The molecular formula is C19H31NO7S. The van der Waals surface area contributed by atoms with Crippen LogP contribution in [0.2, 0.25) is 0 Å². The van der Waals surface area contributed by atoms with Crippen molar-refractivity contribution < 1.29 is 31.7 Å². The normalized spacial score (nSPS) is 34.4. The SMILES string of the molecule is CCC(C)(C)C(=O)OCCNC(=O)COC1C2OS(=O)(=O)C3CC1C(C)(C)C23. The van der Waals surface area contributed by atoms with Gasteiger partial charge >= 0.3 is 5.97 Å². The summed E-state index contributed by atoms with van der Waals surface area (Å²) in [7, 11) is -3.54. The topological polar surface area (TPSA) is 108 Å². The molecule has 0 aromatic heterocycles. The van der Waals surface area contributed by atoms with Crippen molar-refractivity contribution in [2.45, 2.75) is 64.9 Å². The number of nitrogens with one attached hydrogen (secondary N) is 1. The molecule has 2 saturated carbocycles. The predicted octanol–water partition coefficient (Wildman–Crippen LogP) is 1.24. The molecule has 0 spiro atoms. The smallest absolute Gasteiger partial charge is 0.311 e. The summed E-state index contributed by atoms with van der Waals surface area (Å²) < 4.78 is 40.7. The van der Waals surface area contributed by atoms with Crippen LogP contribution in [0.5, 0.6) is 0 Å². The maximum absolute atomic E-state index is 12.2. The summed E-state index contributed by atoms with van der Waals surface area (Å²) in [4.78, 5) is 23.9. The zero-order valence-electron chi connectivity index (χ0n) is 17.2. The van der Waals surface area contributed by atoms with Gasteiger partial charge in [-0.25, -0.2) is 0 Å². The highest BCUT2D eigenvalue weighted by Gasteiger charge is 2.72. The Morgan fingerprint density at radius 2 is 1.96 bits per heavy atom. The van der Waals surface area contributed by atoms with E-state index in [0.29, 0.717) is 12.8 Å². The lowest BCUT2D eigenvalue weighted by molar-refractivity contribution is -0.154. The van der Waals surface area contributed by atoms with Crippen LogP contribution in [0.25, 0.3) is 0 Å². The summed E-state index contributed by atoms with van der Waals surface area (Å²) >= 11 is 0.